The van der Waals surface area contributed by atoms with E-state index in [0.29, 0.717) is 31.9 Å². The van der Waals surface area contributed by atoms with E-state index in [9.17, 15) is 23.9 Å². The van der Waals surface area contributed by atoms with E-state index in [4.69, 9.17) is 9.47 Å². The summed E-state index contributed by atoms with van der Waals surface area (Å²) in [7, 11) is 0. The van der Waals surface area contributed by atoms with Gasteiger partial charge in [0.25, 0.3) is 5.56 Å². The largest absolute Gasteiger partial charge is 0.546 e. The maximum atomic E-state index is 13.6. The van der Waals surface area contributed by atoms with E-state index in [-0.39, 0.29) is 12.2 Å². The van der Waals surface area contributed by atoms with Gasteiger partial charge in [-0.25, -0.2) is 14.2 Å². The van der Waals surface area contributed by atoms with Gasteiger partial charge in [0.1, 0.15) is 18.2 Å². The first-order chi connectivity index (χ1) is 16.8. The molecule has 2 aromatic carbocycles. The van der Waals surface area contributed by atoms with Crippen molar-refractivity contribution < 1.29 is 28.6 Å². The molecule has 0 radical (unpaired) electrons. The van der Waals surface area contributed by atoms with Crippen LogP contribution in [0.5, 0.6) is 5.75 Å². The van der Waals surface area contributed by atoms with Crippen LogP contribution in [0.2, 0.25) is 0 Å². The molecule has 0 saturated carbocycles. The molecule has 1 aromatic heterocycles. The van der Waals surface area contributed by atoms with Crippen LogP contribution in [0.25, 0.3) is 6.08 Å². The fourth-order valence-corrected chi connectivity index (χ4v) is 4.79. The third-order valence-electron chi connectivity index (χ3n) is 5.22. The Morgan fingerprint density at radius 3 is 2.66 bits per heavy atom. The molecule has 0 saturated heterocycles. The second-order valence-corrected chi connectivity index (χ2v) is 8.60. The molecule has 0 fully saturated rings. The van der Waals surface area contributed by atoms with Gasteiger partial charge in [-0.15, -0.1) is 0 Å². The van der Waals surface area contributed by atoms with Gasteiger partial charge in [-0.05, 0) is 55.3 Å². The highest BCUT2D eigenvalue weighted by Gasteiger charge is 2.33. The number of aliphatic carboxylic acids is 1. The third-order valence-corrected chi connectivity index (χ3v) is 6.20. The molecule has 8 nitrogen and oxygen atoms in total. The summed E-state index contributed by atoms with van der Waals surface area (Å²) in [5.74, 6) is -2.09. The number of carboxylic acid groups (broad SMARTS) is 1. The van der Waals surface area contributed by atoms with Crippen LogP contribution in [-0.2, 0) is 14.3 Å². The number of ether oxygens (including phenoxy) is 2. The number of halogens is 1. The molecular formula is C25H20FN2O6S-. The van der Waals surface area contributed by atoms with E-state index in [1.807, 2.05) is 0 Å². The number of benzene rings is 2. The Labute approximate surface area is 202 Å². The van der Waals surface area contributed by atoms with Crippen LogP contribution < -0.4 is 24.7 Å². The predicted molar refractivity (Wildman–Crippen MR) is 124 cm³/mol. The molecule has 0 spiro atoms. The molecule has 4 rings (SSSR count). The number of fused-ring (bicyclic) bond motifs is 1. The molecule has 0 N–H and O–H groups in total. The van der Waals surface area contributed by atoms with E-state index in [2.05, 4.69) is 4.99 Å². The lowest BCUT2D eigenvalue weighted by molar-refractivity contribution is -0.307. The second-order valence-electron chi connectivity index (χ2n) is 7.59. The van der Waals surface area contributed by atoms with Gasteiger partial charge in [-0.1, -0.05) is 35.6 Å². The fourth-order valence-electron chi connectivity index (χ4n) is 3.74. The van der Waals surface area contributed by atoms with Gasteiger partial charge in [0.2, 0.25) is 0 Å². The minimum atomic E-state index is -1.35. The second kappa shape index (κ2) is 10.1. The van der Waals surface area contributed by atoms with E-state index in [0.717, 1.165) is 11.3 Å². The first-order valence-corrected chi connectivity index (χ1v) is 11.5. The highest BCUT2D eigenvalue weighted by Crippen LogP contribution is 2.30. The fraction of sp³-hybridized carbons (Fsp3) is 0.200. The average molecular weight is 496 g/mol. The Morgan fingerprint density at radius 2 is 1.97 bits per heavy atom. The molecule has 0 bridgehead atoms. The van der Waals surface area contributed by atoms with Crippen LogP contribution >= 0.6 is 11.3 Å². The van der Waals surface area contributed by atoms with Gasteiger partial charge in [-0.3, -0.25) is 9.36 Å². The van der Waals surface area contributed by atoms with Crippen molar-refractivity contribution in [2.24, 2.45) is 4.99 Å². The highest BCUT2D eigenvalue weighted by atomic mass is 32.1. The number of carbonyl (C=O) groups excluding carboxylic acids is 2. The van der Waals surface area contributed by atoms with Gasteiger partial charge in [0.15, 0.2) is 4.80 Å². The van der Waals surface area contributed by atoms with E-state index < -0.39 is 36.0 Å². The summed E-state index contributed by atoms with van der Waals surface area (Å²) in [6.45, 7) is 2.89. The standard InChI is InChI=1S/C25H21FN2O6S/c1-3-33-24(32)21-14(2)27-25-28(22(21)16-7-9-17(26)10-8-16)23(31)19(35-25)12-15-5-4-6-18(11-15)34-13-20(29)30/h4-12,22H,3,13H2,1-2H3,(H,29,30)/p-1/b19-12+/t22-/m0/s1. The van der Waals surface area contributed by atoms with Crippen LogP contribution in [0.4, 0.5) is 4.39 Å². The van der Waals surface area contributed by atoms with E-state index in [1.54, 1.807) is 44.2 Å². The Hall–Kier alpha value is -4.05. The monoisotopic (exact) mass is 495 g/mol. The summed E-state index contributed by atoms with van der Waals surface area (Å²) in [5.41, 5.74) is 1.36. The van der Waals surface area contributed by atoms with Crippen molar-refractivity contribution >= 4 is 29.4 Å². The van der Waals surface area contributed by atoms with E-state index in [1.165, 1.54) is 28.8 Å². The van der Waals surface area contributed by atoms with Crippen molar-refractivity contribution in [3.05, 3.63) is 96.4 Å². The molecule has 10 heteroatoms. The Morgan fingerprint density at radius 1 is 1.23 bits per heavy atom. The molecule has 0 aliphatic carbocycles. The lowest BCUT2D eigenvalue weighted by Crippen LogP contribution is -2.39. The maximum absolute atomic E-state index is 13.6. The van der Waals surface area contributed by atoms with Crippen LogP contribution in [0, 0.1) is 5.82 Å². The molecule has 0 amide bonds. The summed E-state index contributed by atoms with van der Waals surface area (Å²) in [4.78, 5) is 41.9. The third kappa shape index (κ3) is 5.07. The zero-order chi connectivity index (χ0) is 25.1. The average Bonchev–Trinajstić information content (AvgIpc) is 3.12. The highest BCUT2D eigenvalue weighted by molar-refractivity contribution is 7.07. The van der Waals surface area contributed by atoms with Crippen molar-refractivity contribution in [3.63, 3.8) is 0 Å². The molecule has 1 atom stereocenters. The molecule has 0 unspecified atom stereocenters. The number of carboxylic acids is 1. The lowest BCUT2D eigenvalue weighted by Gasteiger charge is -2.24. The van der Waals surface area contributed by atoms with Gasteiger partial charge in [-0.2, -0.15) is 0 Å². The van der Waals surface area contributed by atoms with E-state index >= 15 is 0 Å². The summed E-state index contributed by atoms with van der Waals surface area (Å²) in [6, 6.07) is 11.3. The Kier molecular flexibility index (Phi) is 6.92. The normalized spacial score (nSPS) is 15.4. The molecule has 180 valence electrons. The lowest BCUT2D eigenvalue weighted by atomic mass is 9.96. The van der Waals surface area contributed by atoms with Gasteiger partial charge < -0.3 is 19.4 Å². The number of rotatable bonds is 7. The number of nitrogens with zero attached hydrogens (tertiary/aromatic N) is 2. The quantitative estimate of drug-likeness (QED) is 0.454. The first kappa shape index (κ1) is 24.1. The van der Waals surface area contributed by atoms with Crippen LogP contribution in [0.1, 0.15) is 31.0 Å². The number of thiazole rings is 1. The Bertz CT molecular complexity index is 1500. The van der Waals surface area contributed by atoms with Crippen molar-refractivity contribution in [2.45, 2.75) is 19.9 Å². The molecule has 2 heterocycles. The molecule has 1 aliphatic rings. The van der Waals surface area contributed by atoms with Crippen LogP contribution in [0.15, 0.2) is 69.6 Å². The van der Waals surface area contributed by atoms with Crippen LogP contribution in [0.3, 0.4) is 0 Å². The number of hydrogen-bond acceptors (Lipinski definition) is 8. The number of aromatic nitrogens is 1. The van der Waals surface area contributed by atoms with Crippen LogP contribution in [-0.4, -0.2) is 29.7 Å². The van der Waals surface area contributed by atoms with Crippen molar-refractivity contribution in [1.82, 2.24) is 4.57 Å². The predicted octanol–water partition coefficient (Wildman–Crippen LogP) is 1.07. The van der Waals surface area contributed by atoms with Gasteiger partial charge >= 0.3 is 5.97 Å². The summed E-state index contributed by atoms with van der Waals surface area (Å²) >= 11 is 1.14. The summed E-state index contributed by atoms with van der Waals surface area (Å²) in [5, 5.41) is 10.7. The number of carbonyl (C=O) groups is 2. The smallest absolute Gasteiger partial charge is 0.338 e. The number of esters is 1. The first-order valence-electron chi connectivity index (χ1n) is 10.7. The Balaban J connectivity index is 1.85. The molecule has 35 heavy (non-hydrogen) atoms. The van der Waals surface area contributed by atoms with Crippen molar-refractivity contribution in [1.29, 1.82) is 0 Å². The minimum Gasteiger partial charge on any atom is -0.546 e. The van der Waals surface area contributed by atoms with Gasteiger partial charge in [0, 0.05) is 0 Å². The molecule has 1 aliphatic heterocycles. The minimum absolute atomic E-state index is 0.145. The molecule has 3 aromatic rings. The van der Waals surface area contributed by atoms with Gasteiger partial charge in [0.05, 0.1) is 34.4 Å². The van der Waals surface area contributed by atoms with Crippen molar-refractivity contribution in [3.8, 4) is 5.75 Å². The summed E-state index contributed by atoms with van der Waals surface area (Å²) in [6.07, 6.45) is 1.63. The van der Waals surface area contributed by atoms with Crippen molar-refractivity contribution in [2.75, 3.05) is 13.2 Å². The topological polar surface area (TPSA) is 110 Å². The molecular weight excluding hydrogens is 475 g/mol. The number of allylic oxidation sites excluding steroid dienone is 1. The number of hydrogen-bond donors (Lipinski definition) is 0. The maximum Gasteiger partial charge on any atom is 0.338 e. The zero-order valence-electron chi connectivity index (χ0n) is 18.8. The zero-order valence-corrected chi connectivity index (χ0v) is 19.6. The SMILES string of the molecule is CCOC(=O)C1=C(C)N=c2s/c(=C/c3cccc(OCC(=O)[O-])c3)c(=O)n2[C@H]1c1ccc(F)cc1. The summed E-state index contributed by atoms with van der Waals surface area (Å²) < 4.78 is 25.7.